The van der Waals surface area contributed by atoms with Crippen molar-refractivity contribution in [1.82, 2.24) is 4.90 Å². The lowest BCUT2D eigenvalue weighted by atomic mass is 9.77. The summed E-state index contributed by atoms with van der Waals surface area (Å²) < 4.78 is 0. The van der Waals surface area contributed by atoms with Gasteiger partial charge in [0.05, 0.1) is 0 Å². The number of likely N-dealkylation sites (tertiary alicyclic amines) is 1. The molecule has 0 aromatic carbocycles. The van der Waals surface area contributed by atoms with E-state index in [9.17, 15) is 4.79 Å². The normalized spacial score (nSPS) is 45.3. The topological polar surface area (TPSA) is 20.3 Å². The molecule has 1 saturated heterocycles. The van der Waals surface area contributed by atoms with Gasteiger partial charge in [0.1, 0.15) is 0 Å². The predicted octanol–water partition coefficient (Wildman–Crippen LogP) is 3.60. The third-order valence-corrected chi connectivity index (χ3v) is 6.58. The van der Waals surface area contributed by atoms with Crippen LogP contribution in [0.3, 0.4) is 0 Å². The Labute approximate surface area is 116 Å². The molecule has 3 saturated carbocycles. The number of rotatable bonds is 1. The molecule has 4 aliphatic rings. The lowest BCUT2D eigenvalue weighted by Gasteiger charge is -2.45. The van der Waals surface area contributed by atoms with Crippen LogP contribution in [0.15, 0.2) is 0 Å². The van der Waals surface area contributed by atoms with Gasteiger partial charge in [0.15, 0.2) is 0 Å². The highest BCUT2D eigenvalue weighted by molar-refractivity contribution is 5.80. The van der Waals surface area contributed by atoms with E-state index in [4.69, 9.17) is 0 Å². The van der Waals surface area contributed by atoms with Gasteiger partial charge in [-0.05, 0) is 62.7 Å². The molecule has 0 aromatic heterocycles. The monoisotopic (exact) mass is 261 g/mol. The first-order valence-electron chi connectivity index (χ1n) is 8.63. The summed E-state index contributed by atoms with van der Waals surface area (Å²) in [6.07, 6.45) is 13.4. The summed E-state index contributed by atoms with van der Waals surface area (Å²) in [5, 5.41) is 0. The van der Waals surface area contributed by atoms with Crippen LogP contribution in [0.5, 0.6) is 0 Å². The Bertz CT molecular complexity index is 364. The van der Waals surface area contributed by atoms with Crippen LogP contribution >= 0.6 is 0 Å². The van der Waals surface area contributed by atoms with E-state index in [1.54, 1.807) is 0 Å². The molecule has 4 rings (SSSR count). The second-order valence-electron chi connectivity index (χ2n) is 7.57. The van der Waals surface area contributed by atoms with Crippen LogP contribution in [0.25, 0.3) is 0 Å². The number of hydrogen-bond donors (Lipinski definition) is 0. The van der Waals surface area contributed by atoms with Gasteiger partial charge >= 0.3 is 0 Å². The maximum atomic E-state index is 13.0. The Morgan fingerprint density at radius 3 is 2.47 bits per heavy atom. The third-order valence-electron chi connectivity index (χ3n) is 6.58. The molecule has 0 aromatic rings. The zero-order chi connectivity index (χ0) is 12.8. The van der Waals surface area contributed by atoms with Crippen LogP contribution in [0.2, 0.25) is 0 Å². The first-order chi connectivity index (χ1) is 9.33. The van der Waals surface area contributed by atoms with Crippen molar-refractivity contribution in [2.24, 2.45) is 23.7 Å². The molecule has 1 aliphatic heterocycles. The first-order valence-corrected chi connectivity index (χ1v) is 8.63. The summed E-state index contributed by atoms with van der Waals surface area (Å²) in [7, 11) is 0. The van der Waals surface area contributed by atoms with E-state index < -0.39 is 0 Å². The molecular weight excluding hydrogens is 234 g/mol. The number of amides is 1. The minimum absolute atomic E-state index is 0.416. The summed E-state index contributed by atoms with van der Waals surface area (Å²) in [4.78, 5) is 15.3. The van der Waals surface area contributed by atoms with Crippen LogP contribution in [0, 0.1) is 23.7 Å². The van der Waals surface area contributed by atoms with Crippen molar-refractivity contribution in [1.29, 1.82) is 0 Å². The van der Waals surface area contributed by atoms with E-state index in [0.717, 1.165) is 24.3 Å². The average molecular weight is 261 g/mol. The van der Waals surface area contributed by atoms with Gasteiger partial charge in [-0.1, -0.05) is 19.3 Å². The van der Waals surface area contributed by atoms with E-state index in [1.807, 2.05) is 0 Å². The highest BCUT2D eigenvalue weighted by Gasteiger charge is 2.46. The van der Waals surface area contributed by atoms with E-state index in [2.05, 4.69) is 4.90 Å². The van der Waals surface area contributed by atoms with Gasteiger partial charge in [-0.3, -0.25) is 4.79 Å². The maximum absolute atomic E-state index is 13.0. The summed E-state index contributed by atoms with van der Waals surface area (Å²) in [6.45, 7) is 1.06. The number of nitrogens with zero attached hydrogens (tertiary/aromatic N) is 1. The van der Waals surface area contributed by atoms with Crippen molar-refractivity contribution in [3.8, 4) is 0 Å². The first kappa shape index (κ1) is 12.2. The number of fused-ring (bicyclic) bond motifs is 3. The Kier molecular flexibility index (Phi) is 3.08. The molecule has 4 fully saturated rings. The van der Waals surface area contributed by atoms with Crippen molar-refractivity contribution in [2.45, 2.75) is 70.3 Å². The molecule has 2 heteroatoms. The van der Waals surface area contributed by atoms with Crippen molar-refractivity contribution in [2.75, 3.05) is 6.54 Å². The summed E-state index contributed by atoms with van der Waals surface area (Å²) in [5.74, 6) is 3.46. The molecule has 5 unspecified atom stereocenters. The number of carbonyl (C=O) groups excluding carboxylic acids is 1. The van der Waals surface area contributed by atoms with Crippen molar-refractivity contribution in [3.63, 3.8) is 0 Å². The average Bonchev–Trinajstić information content (AvgIpc) is 3.08. The van der Waals surface area contributed by atoms with Crippen LogP contribution in [-0.2, 0) is 4.79 Å². The zero-order valence-electron chi connectivity index (χ0n) is 12.0. The fourth-order valence-electron chi connectivity index (χ4n) is 5.66. The number of carbonyl (C=O) groups is 1. The van der Waals surface area contributed by atoms with Gasteiger partial charge < -0.3 is 4.90 Å². The molecule has 1 heterocycles. The van der Waals surface area contributed by atoms with Crippen LogP contribution in [0.1, 0.15) is 64.2 Å². The fraction of sp³-hybridized carbons (Fsp3) is 0.941. The van der Waals surface area contributed by atoms with Gasteiger partial charge in [0.25, 0.3) is 0 Å². The molecule has 1 amide bonds. The van der Waals surface area contributed by atoms with Gasteiger partial charge in [0, 0.05) is 18.5 Å². The maximum Gasteiger partial charge on any atom is 0.226 e. The Hall–Kier alpha value is -0.530. The smallest absolute Gasteiger partial charge is 0.226 e. The lowest BCUT2D eigenvalue weighted by Crippen LogP contribution is -2.52. The molecule has 0 spiro atoms. The molecule has 0 radical (unpaired) electrons. The van der Waals surface area contributed by atoms with E-state index in [0.29, 0.717) is 17.9 Å². The van der Waals surface area contributed by atoms with Gasteiger partial charge in [0.2, 0.25) is 5.91 Å². The quantitative estimate of drug-likeness (QED) is 0.706. The standard InChI is InChI=1S/C17H27NO/c19-17(15-11-12-7-8-14(15)10-12)18-9-3-5-13-4-1-2-6-16(13)18/h12-16H,1-11H2. The van der Waals surface area contributed by atoms with Crippen LogP contribution in [-0.4, -0.2) is 23.4 Å². The minimum atomic E-state index is 0.416. The summed E-state index contributed by atoms with van der Waals surface area (Å²) in [5.41, 5.74) is 0. The predicted molar refractivity (Wildman–Crippen MR) is 75.6 cm³/mol. The summed E-state index contributed by atoms with van der Waals surface area (Å²) >= 11 is 0. The van der Waals surface area contributed by atoms with E-state index in [1.165, 1.54) is 64.2 Å². The van der Waals surface area contributed by atoms with E-state index in [-0.39, 0.29) is 0 Å². The van der Waals surface area contributed by atoms with Gasteiger partial charge in [-0.2, -0.15) is 0 Å². The molecule has 19 heavy (non-hydrogen) atoms. The zero-order valence-corrected chi connectivity index (χ0v) is 12.0. The van der Waals surface area contributed by atoms with Gasteiger partial charge in [-0.25, -0.2) is 0 Å². The van der Waals surface area contributed by atoms with E-state index >= 15 is 0 Å². The lowest BCUT2D eigenvalue weighted by molar-refractivity contribution is -0.143. The molecular formula is C17H27NO. The second-order valence-corrected chi connectivity index (χ2v) is 7.57. The third kappa shape index (κ3) is 2.02. The Balaban J connectivity index is 1.49. The van der Waals surface area contributed by atoms with Gasteiger partial charge in [-0.15, -0.1) is 0 Å². The highest BCUT2D eigenvalue weighted by atomic mass is 16.2. The number of hydrogen-bond acceptors (Lipinski definition) is 1. The number of piperidine rings is 1. The molecule has 0 N–H and O–H groups in total. The van der Waals surface area contributed by atoms with Crippen LogP contribution in [0.4, 0.5) is 0 Å². The summed E-state index contributed by atoms with van der Waals surface area (Å²) in [6, 6.07) is 0.620. The Morgan fingerprint density at radius 2 is 1.68 bits per heavy atom. The fourth-order valence-corrected chi connectivity index (χ4v) is 5.66. The second kappa shape index (κ2) is 4.79. The van der Waals surface area contributed by atoms with Crippen LogP contribution < -0.4 is 0 Å². The Morgan fingerprint density at radius 1 is 0.842 bits per heavy atom. The van der Waals surface area contributed by atoms with Crippen molar-refractivity contribution >= 4 is 5.91 Å². The molecule has 106 valence electrons. The highest BCUT2D eigenvalue weighted by Crippen LogP contribution is 2.49. The minimum Gasteiger partial charge on any atom is -0.339 e. The largest absolute Gasteiger partial charge is 0.339 e. The molecule has 3 aliphatic carbocycles. The molecule has 5 atom stereocenters. The molecule has 2 nitrogen and oxygen atoms in total. The van der Waals surface area contributed by atoms with Crippen molar-refractivity contribution < 1.29 is 4.79 Å². The SMILES string of the molecule is O=C(C1CC2CCC1C2)N1CCCC2CCCCC21. The van der Waals surface area contributed by atoms with Crippen molar-refractivity contribution in [3.05, 3.63) is 0 Å². The molecule has 2 bridgehead atoms.